The summed E-state index contributed by atoms with van der Waals surface area (Å²) in [6.07, 6.45) is -0.105. The second-order valence-electron chi connectivity index (χ2n) is 10.1. The summed E-state index contributed by atoms with van der Waals surface area (Å²) in [7, 11) is -8.95. The molecule has 1 N–H and O–H groups in total. The van der Waals surface area contributed by atoms with Crippen LogP contribution in [0, 0.1) is 0 Å². The molecule has 1 fully saturated rings. The largest absolute Gasteiger partial charge is 0.523 e. The highest BCUT2D eigenvalue weighted by Crippen LogP contribution is 2.41. The summed E-state index contributed by atoms with van der Waals surface area (Å²) in [6, 6.07) is 19.1. The van der Waals surface area contributed by atoms with Gasteiger partial charge in [-0.1, -0.05) is 80.9 Å². The summed E-state index contributed by atoms with van der Waals surface area (Å²) in [4.78, 5) is 12.2. The molecule has 1 saturated heterocycles. The van der Waals surface area contributed by atoms with Crippen LogP contribution < -0.4 is 10.4 Å². The zero-order chi connectivity index (χ0) is 26.8. The van der Waals surface area contributed by atoms with E-state index in [1.54, 1.807) is 13.8 Å². The summed E-state index contributed by atoms with van der Waals surface area (Å²) >= 11 is 0. The fourth-order valence-corrected chi connectivity index (χ4v) is 8.98. The first-order valence-electron chi connectivity index (χ1n) is 11.7. The molecule has 0 spiro atoms. The van der Waals surface area contributed by atoms with Crippen LogP contribution in [-0.4, -0.2) is 51.6 Å². The Morgan fingerprint density at radius 2 is 1.42 bits per heavy atom. The van der Waals surface area contributed by atoms with Gasteiger partial charge in [-0.2, -0.15) is 21.6 Å². The normalized spacial score (nSPS) is 21.0. The zero-order valence-corrected chi connectivity index (χ0v) is 22.6. The van der Waals surface area contributed by atoms with Crippen molar-refractivity contribution in [2.24, 2.45) is 0 Å². The molecule has 0 saturated carbocycles. The van der Waals surface area contributed by atoms with E-state index >= 15 is 0 Å². The summed E-state index contributed by atoms with van der Waals surface area (Å²) in [5.41, 5.74) is -5.51. The van der Waals surface area contributed by atoms with Gasteiger partial charge in [-0.3, -0.25) is 4.18 Å². The van der Waals surface area contributed by atoms with Gasteiger partial charge in [-0.25, -0.2) is 0 Å². The van der Waals surface area contributed by atoms with Gasteiger partial charge in [0.1, 0.15) is 6.10 Å². The second kappa shape index (κ2) is 10.5. The average Bonchev–Trinajstić information content (AvgIpc) is 3.10. The van der Waals surface area contributed by atoms with Crippen LogP contribution in [0.3, 0.4) is 0 Å². The highest BCUT2D eigenvalue weighted by molar-refractivity contribution is 7.87. The van der Waals surface area contributed by atoms with Gasteiger partial charge in [0.2, 0.25) is 0 Å². The summed E-state index contributed by atoms with van der Waals surface area (Å²) in [5, 5.41) is 1.24. The number of halogens is 3. The van der Waals surface area contributed by atoms with Crippen LogP contribution in [-0.2, 0) is 23.8 Å². The van der Waals surface area contributed by atoms with E-state index in [1.165, 1.54) is 0 Å². The van der Waals surface area contributed by atoms with E-state index in [4.69, 9.17) is 9.47 Å². The van der Waals surface area contributed by atoms with Crippen LogP contribution in [0.15, 0.2) is 60.7 Å². The molecule has 0 aliphatic carbocycles. The summed E-state index contributed by atoms with van der Waals surface area (Å²) < 4.78 is 76.4. The Balaban J connectivity index is 1.74. The van der Waals surface area contributed by atoms with Gasteiger partial charge in [-0.15, -0.1) is 0 Å². The predicted octanol–water partition coefficient (Wildman–Crippen LogP) is 4.08. The van der Waals surface area contributed by atoms with Gasteiger partial charge < -0.3 is 14.3 Å². The maximum Gasteiger partial charge on any atom is 0.523 e. The van der Waals surface area contributed by atoms with Crippen LogP contribution in [0.5, 0.6) is 0 Å². The van der Waals surface area contributed by atoms with Crippen molar-refractivity contribution in [3.8, 4) is 0 Å². The molecule has 200 valence electrons. The van der Waals surface area contributed by atoms with E-state index in [2.05, 4.69) is 4.18 Å². The van der Waals surface area contributed by atoms with Gasteiger partial charge in [0, 0.05) is 0 Å². The van der Waals surface area contributed by atoms with Crippen molar-refractivity contribution in [2.45, 2.75) is 75.5 Å². The Labute approximate surface area is 211 Å². The number of rotatable bonds is 10. The fraction of sp³-hybridized carbons (Fsp3) is 0.520. The van der Waals surface area contributed by atoms with Crippen molar-refractivity contribution in [2.75, 3.05) is 6.61 Å². The topological polar surface area (TPSA) is 82.1 Å². The lowest BCUT2D eigenvalue weighted by Crippen LogP contribution is -2.65. The molecule has 0 unspecified atom stereocenters. The Bertz CT molecular complexity index is 1070. The molecule has 2 aromatic carbocycles. The van der Waals surface area contributed by atoms with Crippen molar-refractivity contribution in [1.82, 2.24) is 0 Å². The van der Waals surface area contributed by atoms with Crippen LogP contribution in [0.4, 0.5) is 13.2 Å². The third-order valence-corrected chi connectivity index (χ3v) is 12.2. The minimum Gasteiger partial charge on any atom is -0.424 e. The number of benzene rings is 2. The lowest BCUT2D eigenvalue weighted by Gasteiger charge is -2.41. The number of hydrogen-bond donors (Lipinski definition) is 1. The Hall–Kier alpha value is -1.76. The molecule has 3 rings (SSSR count). The lowest BCUT2D eigenvalue weighted by molar-refractivity contribution is -0.149. The summed E-state index contributed by atoms with van der Waals surface area (Å²) in [5.74, 6) is -1.10. The molecule has 1 heterocycles. The van der Waals surface area contributed by atoms with Crippen LogP contribution >= 0.6 is 0 Å². The van der Waals surface area contributed by atoms with Gasteiger partial charge >= 0.3 is 15.6 Å². The summed E-state index contributed by atoms with van der Waals surface area (Å²) in [6.45, 7) is 6.46. The zero-order valence-electron chi connectivity index (χ0n) is 20.8. The monoisotopic (exact) mass is 546 g/mol. The van der Waals surface area contributed by atoms with E-state index in [0.29, 0.717) is 19.3 Å². The predicted molar refractivity (Wildman–Crippen MR) is 133 cm³/mol. The van der Waals surface area contributed by atoms with Crippen molar-refractivity contribution >= 4 is 28.8 Å². The molecule has 2 aromatic rings. The molecule has 1 aliphatic rings. The highest BCUT2D eigenvalue weighted by Gasteiger charge is 2.51. The third-order valence-electron chi connectivity index (χ3n) is 6.61. The molecule has 0 bridgehead atoms. The minimum atomic E-state index is -5.73. The van der Waals surface area contributed by atoms with Crippen LogP contribution in [0.1, 0.15) is 47.0 Å². The van der Waals surface area contributed by atoms with Gasteiger partial charge in [0.15, 0.2) is 5.79 Å². The Morgan fingerprint density at radius 3 is 1.89 bits per heavy atom. The lowest BCUT2D eigenvalue weighted by atomic mass is 10.0. The molecule has 0 radical (unpaired) electrons. The van der Waals surface area contributed by atoms with E-state index in [-0.39, 0.29) is 0 Å². The SMILES string of the molecule is CC1(C)O[C@@H](CCCC(C)(C)[Si](O)(c2ccccc2)c2ccccc2)[C@@H](COS(=O)(=O)C(F)(F)F)O1. The molecule has 0 aromatic heterocycles. The molecule has 11 heteroatoms. The standard InChI is InChI=1S/C25H33F3O6SSi/c1-23(2,36(31,19-12-7-5-8-13-19)20-14-9-6-10-15-20)17-11-16-21-22(34-24(3,4)33-21)18-32-35(29,30)25(26,27)28/h5-10,12-15,21-22,31H,11,16-18H2,1-4H3/t21-,22+/m0/s1. The molecule has 0 amide bonds. The smallest absolute Gasteiger partial charge is 0.424 e. The molecular weight excluding hydrogens is 513 g/mol. The first kappa shape index (κ1) is 28.8. The first-order valence-corrected chi connectivity index (χ1v) is 15.1. The van der Waals surface area contributed by atoms with Crippen molar-refractivity contribution in [3.05, 3.63) is 60.7 Å². The number of ether oxygens (including phenoxy) is 2. The van der Waals surface area contributed by atoms with Crippen LogP contribution in [0.25, 0.3) is 0 Å². The van der Waals surface area contributed by atoms with Gasteiger partial charge in [-0.05, 0) is 42.1 Å². The second-order valence-corrected chi connectivity index (χ2v) is 15.7. The maximum atomic E-state index is 12.7. The van der Waals surface area contributed by atoms with Gasteiger partial charge in [0.05, 0.1) is 12.7 Å². The van der Waals surface area contributed by atoms with Crippen molar-refractivity contribution < 1.29 is 40.0 Å². The Kier molecular flexibility index (Phi) is 8.44. The average molecular weight is 547 g/mol. The fourth-order valence-electron chi connectivity index (χ4n) is 4.75. The van der Waals surface area contributed by atoms with Crippen molar-refractivity contribution in [1.29, 1.82) is 0 Å². The molecule has 6 nitrogen and oxygen atoms in total. The highest BCUT2D eigenvalue weighted by atomic mass is 32.2. The minimum absolute atomic E-state index is 0.390. The molecular formula is C25H33F3O6SSi. The molecule has 36 heavy (non-hydrogen) atoms. The van der Waals surface area contributed by atoms with E-state index in [1.807, 2.05) is 74.5 Å². The van der Waals surface area contributed by atoms with Gasteiger partial charge in [0.25, 0.3) is 8.32 Å². The van der Waals surface area contributed by atoms with Crippen LogP contribution in [0.2, 0.25) is 5.04 Å². The number of alkyl halides is 3. The third kappa shape index (κ3) is 6.20. The molecule has 2 atom stereocenters. The maximum absolute atomic E-state index is 12.7. The van der Waals surface area contributed by atoms with E-state index in [9.17, 15) is 26.4 Å². The van der Waals surface area contributed by atoms with E-state index < -0.39 is 53.6 Å². The quantitative estimate of drug-likeness (QED) is 0.275. The Morgan fingerprint density at radius 1 is 0.944 bits per heavy atom. The molecule has 1 aliphatic heterocycles. The van der Waals surface area contributed by atoms with Crippen molar-refractivity contribution in [3.63, 3.8) is 0 Å². The van der Waals surface area contributed by atoms with E-state index in [0.717, 1.165) is 10.4 Å². The first-order chi connectivity index (χ1) is 16.6. The number of hydrogen-bond acceptors (Lipinski definition) is 6.